The molecule has 2 amide bonds. The lowest BCUT2D eigenvalue weighted by Gasteiger charge is -2.37. The van der Waals surface area contributed by atoms with Gasteiger partial charge in [-0.15, -0.1) is 0 Å². The van der Waals surface area contributed by atoms with Gasteiger partial charge in [0.1, 0.15) is 5.82 Å². The lowest BCUT2D eigenvalue weighted by Crippen LogP contribution is -2.42. The molecule has 0 bridgehead atoms. The molecule has 4 N–H and O–H groups in total. The average Bonchev–Trinajstić information content (AvgIpc) is 2.54. The molecule has 1 aromatic carbocycles. The first-order valence-corrected chi connectivity index (χ1v) is 8.36. The van der Waals surface area contributed by atoms with Crippen LogP contribution in [0.2, 0.25) is 0 Å². The van der Waals surface area contributed by atoms with E-state index < -0.39 is 29.0 Å². The maximum Gasteiger partial charge on any atom is 0.304 e. The molecule has 1 aliphatic carbocycles. The first kappa shape index (κ1) is 18.9. The Hall–Kier alpha value is -2.44. The third-order valence-corrected chi connectivity index (χ3v) is 5.04. The maximum absolute atomic E-state index is 13.9. The number of carboxylic acid groups (broad SMARTS) is 1. The van der Waals surface area contributed by atoms with Crippen molar-refractivity contribution in [3.8, 4) is 0 Å². The number of halogens is 1. The number of primary amides is 1. The second-order valence-electron chi connectivity index (χ2n) is 6.84. The van der Waals surface area contributed by atoms with E-state index in [1.807, 2.05) is 0 Å². The number of nitrogens with one attached hydrogen (secondary N) is 1. The zero-order valence-corrected chi connectivity index (χ0v) is 14.2. The molecule has 1 unspecified atom stereocenters. The Kier molecular flexibility index (Phi) is 5.77. The molecular weight excluding hydrogens is 327 g/mol. The van der Waals surface area contributed by atoms with Crippen molar-refractivity contribution in [2.45, 2.75) is 45.4 Å². The van der Waals surface area contributed by atoms with Gasteiger partial charge in [-0.3, -0.25) is 14.4 Å². The lowest BCUT2D eigenvalue weighted by atomic mass is 9.67. The number of hydrogen-bond acceptors (Lipinski definition) is 3. The van der Waals surface area contributed by atoms with Crippen molar-refractivity contribution in [2.75, 3.05) is 5.32 Å². The van der Waals surface area contributed by atoms with E-state index in [2.05, 4.69) is 5.32 Å². The normalized spacial score (nSPS) is 17.5. The van der Waals surface area contributed by atoms with E-state index in [9.17, 15) is 23.9 Å². The minimum absolute atomic E-state index is 0.0351. The molecule has 6 nitrogen and oxygen atoms in total. The number of hydrogen-bond donors (Lipinski definition) is 3. The van der Waals surface area contributed by atoms with Crippen LogP contribution in [0.25, 0.3) is 0 Å². The molecular formula is C18H23FN2O4. The largest absolute Gasteiger partial charge is 0.481 e. The fourth-order valence-electron chi connectivity index (χ4n) is 3.53. The van der Waals surface area contributed by atoms with Crippen LogP contribution in [0.15, 0.2) is 18.2 Å². The standard InChI is InChI=1S/C18H23FN2O4/c1-18(10-15(22)23,11-5-3-2-4-6-11)17(25)21-12-7-8-13(16(20)24)14(19)9-12/h7-9,11H,2-6,10H2,1H3,(H2,20,24)(H,21,25)(H,22,23). The fourth-order valence-corrected chi connectivity index (χ4v) is 3.53. The summed E-state index contributed by atoms with van der Waals surface area (Å²) in [6.45, 7) is 1.65. The Morgan fingerprint density at radius 2 is 1.92 bits per heavy atom. The van der Waals surface area contributed by atoms with Crippen LogP contribution in [0.3, 0.4) is 0 Å². The number of aliphatic carboxylic acids is 1. The molecule has 0 heterocycles. The van der Waals surface area contributed by atoms with Gasteiger partial charge in [-0.1, -0.05) is 19.3 Å². The van der Waals surface area contributed by atoms with E-state index in [1.54, 1.807) is 6.92 Å². The van der Waals surface area contributed by atoms with Crippen molar-refractivity contribution in [1.82, 2.24) is 0 Å². The Balaban J connectivity index is 2.23. The van der Waals surface area contributed by atoms with Crippen LogP contribution in [-0.2, 0) is 9.59 Å². The predicted octanol–water partition coefficient (Wildman–Crippen LogP) is 2.92. The van der Waals surface area contributed by atoms with Crippen molar-refractivity contribution >= 4 is 23.5 Å². The number of nitrogens with two attached hydrogens (primary N) is 1. The zero-order valence-electron chi connectivity index (χ0n) is 14.2. The summed E-state index contributed by atoms with van der Waals surface area (Å²) >= 11 is 0. The van der Waals surface area contributed by atoms with Crippen molar-refractivity contribution in [1.29, 1.82) is 0 Å². The summed E-state index contributed by atoms with van der Waals surface area (Å²) in [6, 6.07) is 3.59. The summed E-state index contributed by atoms with van der Waals surface area (Å²) in [6.07, 6.45) is 4.33. The first-order chi connectivity index (χ1) is 11.7. The van der Waals surface area contributed by atoms with Crippen molar-refractivity contribution in [2.24, 2.45) is 17.1 Å². The number of benzene rings is 1. The number of carbonyl (C=O) groups excluding carboxylic acids is 2. The number of carboxylic acids is 1. The zero-order chi connectivity index (χ0) is 18.6. The van der Waals surface area contributed by atoms with E-state index in [-0.39, 0.29) is 23.6 Å². The molecule has 0 aliphatic heterocycles. The lowest BCUT2D eigenvalue weighted by molar-refractivity contribution is -0.145. The van der Waals surface area contributed by atoms with E-state index in [0.717, 1.165) is 38.2 Å². The van der Waals surface area contributed by atoms with E-state index in [4.69, 9.17) is 5.73 Å². The second kappa shape index (κ2) is 7.63. The van der Waals surface area contributed by atoms with Gasteiger partial charge >= 0.3 is 5.97 Å². The summed E-state index contributed by atoms with van der Waals surface area (Å²) in [4.78, 5) is 35.2. The van der Waals surface area contributed by atoms with Crippen molar-refractivity contribution in [3.63, 3.8) is 0 Å². The van der Waals surface area contributed by atoms with Crippen LogP contribution in [0, 0.1) is 17.2 Å². The molecule has 2 rings (SSSR count). The quantitative estimate of drug-likeness (QED) is 0.732. The average molecular weight is 350 g/mol. The third kappa shape index (κ3) is 4.35. The fraction of sp³-hybridized carbons (Fsp3) is 0.500. The van der Waals surface area contributed by atoms with Gasteiger partial charge in [-0.05, 0) is 43.9 Å². The first-order valence-electron chi connectivity index (χ1n) is 8.36. The van der Waals surface area contributed by atoms with Gasteiger partial charge in [0.2, 0.25) is 5.91 Å². The molecule has 0 spiro atoms. The SMILES string of the molecule is CC(CC(=O)O)(C(=O)Nc1ccc(C(N)=O)c(F)c1)C1CCCCC1. The van der Waals surface area contributed by atoms with Crippen molar-refractivity contribution in [3.05, 3.63) is 29.6 Å². The highest BCUT2D eigenvalue weighted by Crippen LogP contribution is 2.42. The smallest absolute Gasteiger partial charge is 0.304 e. The molecule has 136 valence electrons. The monoisotopic (exact) mass is 350 g/mol. The highest BCUT2D eigenvalue weighted by molar-refractivity contribution is 5.98. The van der Waals surface area contributed by atoms with Gasteiger partial charge < -0.3 is 16.2 Å². The van der Waals surface area contributed by atoms with Gasteiger partial charge in [0.05, 0.1) is 17.4 Å². The summed E-state index contributed by atoms with van der Waals surface area (Å²) < 4.78 is 13.9. The summed E-state index contributed by atoms with van der Waals surface area (Å²) in [5, 5.41) is 11.8. The van der Waals surface area contributed by atoms with Crippen molar-refractivity contribution < 1.29 is 23.9 Å². The minimum atomic E-state index is -1.08. The minimum Gasteiger partial charge on any atom is -0.481 e. The van der Waals surface area contributed by atoms with Crippen LogP contribution in [0.1, 0.15) is 55.8 Å². The van der Waals surface area contributed by atoms with Crippen LogP contribution < -0.4 is 11.1 Å². The Morgan fingerprint density at radius 3 is 2.44 bits per heavy atom. The molecule has 1 atom stereocenters. The van der Waals surface area contributed by atoms with E-state index >= 15 is 0 Å². The van der Waals surface area contributed by atoms with Crippen LogP contribution in [0.5, 0.6) is 0 Å². The summed E-state index contributed by atoms with van der Waals surface area (Å²) in [5.74, 6) is -3.25. The molecule has 0 radical (unpaired) electrons. The molecule has 1 aliphatic rings. The number of carbonyl (C=O) groups is 3. The van der Waals surface area contributed by atoms with Crippen LogP contribution in [0.4, 0.5) is 10.1 Å². The second-order valence-corrected chi connectivity index (χ2v) is 6.84. The molecule has 0 saturated heterocycles. The number of rotatable bonds is 6. The third-order valence-electron chi connectivity index (χ3n) is 5.04. The summed E-state index contributed by atoms with van der Waals surface area (Å²) in [5.41, 5.74) is 3.88. The van der Waals surface area contributed by atoms with Gasteiger partial charge in [0.25, 0.3) is 5.91 Å². The molecule has 7 heteroatoms. The highest BCUT2D eigenvalue weighted by Gasteiger charge is 2.43. The molecule has 0 aromatic heterocycles. The highest BCUT2D eigenvalue weighted by atomic mass is 19.1. The van der Waals surface area contributed by atoms with E-state index in [0.29, 0.717) is 0 Å². The maximum atomic E-state index is 13.9. The predicted molar refractivity (Wildman–Crippen MR) is 90.5 cm³/mol. The topological polar surface area (TPSA) is 109 Å². The Morgan fingerprint density at radius 1 is 1.28 bits per heavy atom. The van der Waals surface area contributed by atoms with Crippen LogP contribution >= 0.6 is 0 Å². The Bertz CT molecular complexity index is 686. The molecule has 25 heavy (non-hydrogen) atoms. The van der Waals surface area contributed by atoms with Gasteiger partial charge in [0, 0.05) is 5.69 Å². The Labute approximate surface area is 145 Å². The van der Waals surface area contributed by atoms with E-state index in [1.165, 1.54) is 12.1 Å². The van der Waals surface area contributed by atoms with Crippen LogP contribution in [-0.4, -0.2) is 22.9 Å². The van der Waals surface area contributed by atoms with Gasteiger partial charge in [-0.25, -0.2) is 4.39 Å². The number of amides is 2. The summed E-state index contributed by atoms with van der Waals surface area (Å²) in [7, 11) is 0. The van der Waals surface area contributed by atoms with Gasteiger partial charge in [0.15, 0.2) is 0 Å². The molecule has 1 saturated carbocycles. The molecule has 1 fully saturated rings. The van der Waals surface area contributed by atoms with Gasteiger partial charge in [-0.2, -0.15) is 0 Å². The molecule has 1 aromatic rings. The number of anilines is 1.